The highest BCUT2D eigenvalue weighted by molar-refractivity contribution is 5.09. The molecule has 4 nitrogen and oxygen atoms in total. The van der Waals surface area contributed by atoms with Crippen LogP contribution in [-0.2, 0) is 6.54 Å². The third-order valence-corrected chi connectivity index (χ3v) is 3.89. The first-order chi connectivity index (χ1) is 8.86. The summed E-state index contributed by atoms with van der Waals surface area (Å²) in [5.74, 6) is 0.604. The Labute approximate surface area is 110 Å². The lowest BCUT2D eigenvalue weighted by atomic mass is 9.82. The number of nitrogens with one attached hydrogen (secondary N) is 1. The second kappa shape index (κ2) is 6.88. The van der Waals surface area contributed by atoms with Crippen LogP contribution < -0.4 is 5.32 Å². The van der Waals surface area contributed by atoms with Crippen LogP contribution in [0.3, 0.4) is 0 Å². The molecule has 18 heavy (non-hydrogen) atoms. The fourth-order valence-corrected chi connectivity index (χ4v) is 3.00. The van der Waals surface area contributed by atoms with Crippen molar-refractivity contribution in [1.29, 1.82) is 0 Å². The van der Waals surface area contributed by atoms with E-state index in [1.54, 1.807) is 0 Å². The Bertz CT molecular complexity index is 347. The minimum Gasteiger partial charge on any atom is -0.313 e. The molecule has 1 aromatic heterocycles. The molecule has 1 aliphatic carbocycles. The summed E-state index contributed by atoms with van der Waals surface area (Å²) < 4.78 is 2.11. The van der Waals surface area contributed by atoms with Gasteiger partial charge in [0.15, 0.2) is 0 Å². The lowest BCUT2D eigenvalue weighted by Gasteiger charge is -2.32. The van der Waals surface area contributed by atoms with Gasteiger partial charge in [-0.15, -0.1) is 5.10 Å². The minimum atomic E-state index is 0.604. The van der Waals surface area contributed by atoms with Gasteiger partial charge in [-0.2, -0.15) is 0 Å². The normalized spacial score (nSPS) is 24.3. The number of rotatable bonds is 6. The fourth-order valence-electron chi connectivity index (χ4n) is 3.00. The predicted molar refractivity (Wildman–Crippen MR) is 73.6 cm³/mol. The SMILES string of the molecule is CCCNC1CCCCC1c1cnnn1CCC. The van der Waals surface area contributed by atoms with E-state index in [1.807, 2.05) is 6.20 Å². The van der Waals surface area contributed by atoms with E-state index < -0.39 is 0 Å². The molecule has 4 heteroatoms. The number of aryl methyl sites for hydroxylation is 1. The second-order valence-corrected chi connectivity index (χ2v) is 5.33. The quantitative estimate of drug-likeness (QED) is 0.844. The highest BCUT2D eigenvalue weighted by Crippen LogP contribution is 2.32. The van der Waals surface area contributed by atoms with Crippen molar-refractivity contribution >= 4 is 0 Å². The first-order valence-corrected chi connectivity index (χ1v) is 7.48. The maximum Gasteiger partial charge on any atom is 0.0728 e. The van der Waals surface area contributed by atoms with Gasteiger partial charge in [0.05, 0.1) is 11.9 Å². The zero-order valence-electron chi connectivity index (χ0n) is 11.7. The van der Waals surface area contributed by atoms with E-state index in [1.165, 1.54) is 37.8 Å². The zero-order chi connectivity index (χ0) is 12.8. The van der Waals surface area contributed by atoms with Crippen molar-refractivity contribution in [3.8, 4) is 0 Å². The summed E-state index contributed by atoms with van der Waals surface area (Å²) in [4.78, 5) is 0. The van der Waals surface area contributed by atoms with Gasteiger partial charge in [0.1, 0.15) is 0 Å². The number of nitrogens with zero attached hydrogens (tertiary/aromatic N) is 3. The van der Waals surface area contributed by atoms with Crippen molar-refractivity contribution in [3.05, 3.63) is 11.9 Å². The van der Waals surface area contributed by atoms with E-state index in [9.17, 15) is 0 Å². The average Bonchev–Trinajstić information content (AvgIpc) is 2.85. The second-order valence-electron chi connectivity index (χ2n) is 5.33. The van der Waals surface area contributed by atoms with Crippen LogP contribution in [0.15, 0.2) is 6.20 Å². The Morgan fingerprint density at radius 2 is 2.11 bits per heavy atom. The highest BCUT2D eigenvalue weighted by atomic mass is 15.4. The van der Waals surface area contributed by atoms with Crippen LogP contribution in [0.5, 0.6) is 0 Å². The molecule has 2 unspecified atom stereocenters. The van der Waals surface area contributed by atoms with Gasteiger partial charge in [0.25, 0.3) is 0 Å². The van der Waals surface area contributed by atoms with Crippen molar-refractivity contribution in [2.45, 2.75) is 70.9 Å². The zero-order valence-corrected chi connectivity index (χ0v) is 11.7. The monoisotopic (exact) mass is 250 g/mol. The molecule has 1 N–H and O–H groups in total. The van der Waals surface area contributed by atoms with Crippen molar-refractivity contribution < 1.29 is 0 Å². The average molecular weight is 250 g/mol. The van der Waals surface area contributed by atoms with Crippen molar-refractivity contribution in [2.75, 3.05) is 6.54 Å². The molecule has 1 aliphatic rings. The van der Waals surface area contributed by atoms with Crippen LogP contribution in [0.1, 0.15) is 64.0 Å². The smallest absolute Gasteiger partial charge is 0.0728 e. The Balaban J connectivity index is 2.09. The van der Waals surface area contributed by atoms with E-state index >= 15 is 0 Å². The molecular formula is C14H26N4. The molecule has 2 rings (SSSR count). The molecule has 0 spiro atoms. The van der Waals surface area contributed by atoms with Gasteiger partial charge in [-0.1, -0.05) is 31.9 Å². The summed E-state index contributed by atoms with van der Waals surface area (Å²) in [6, 6.07) is 0.618. The van der Waals surface area contributed by atoms with Gasteiger partial charge in [0, 0.05) is 18.5 Å². The van der Waals surface area contributed by atoms with Crippen LogP contribution in [0, 0.1) is 0 Å². The predicted octanol–water partition coefficient (Wildman–Crippen LogP) is 2.71. The fraction of sp³-hybridized carbons (Fsp3) is 0.857. The van der Waals surface area contributed by atoms with Gasteiger partial charge >= 0.3 is 0 Å². The van der Waals surface area contributed by atoms with Crippen molar-refractivity contribution in [3.63, 3.8) is 0 Å². The molecule has 102 valence electrons. The Kier molecular flexibility index (Phi) is 5.17. The van der Waals surface area contributed by atoms with Gasteiger partial charge in [-0.05, 0) is 32.2 Å². The number of hydrogen-bond acceptors (Lipinski definition) is 3. The number of aromatic nitrogens is 3. The lowest BCUT2D eigenvalue weighted by molar-refractivity contribution is 0.314. The summed E-state index contributed by atoms with van der Waals surface area (Å²) in [5, 5.41) is 12.1. The van der Waals surface area contributed by atoms with Crippen molar-refractivity contribution in [1.82, 2.24) is 20.3 Å². The van der Waals surface area contributed by atoms with E-state index in [-0.39, 0.29) is 0 Å². The van der Waals surface area contributed by atoms with Gasteiger partial charge < -0.3 is 5.32 Å². The Morgan fingerprint density at radius 3 is 2.89 bits per heavy atom. The van der Waals surface area contributed by atoms with Crippen molar-refractivity contribution in [2.24, 2.45) is 0 Å². The van der Waals surface area contributed by atoms with E-state index in [0.29, 0.717) is 12.0 Å². The van der Waals surface area contributed by atoms with Crippen LogP contribution in [0.2, 0.25) is 0 Å². The largest absolute Gasteiger partial charge is 0.313 e. The van der Waals surface area contributed by atoms with Gasteiger partial charge in [0.2, 0.25) is 0 Å². The molecular weight excluding hydrogens is 224 g/mol. The summed E-state index contributed by atoms with van der Waals surface area (Å²) in [6.45, 7) is 6.54. The molecule has 1 saturated carbocycles. The van der Waals surface area contributed by atoms with E-state index in [0.717, 1.165) is 19.5 Å². The summed E-state index contributed by atoms with van der Waals surface area (Å²) in [7, 11) is 0. The molecule has 0 saturated heterocycles. The molecule has 1 heterocycles. The Hall–Kier alpha value is -0.900. The molecule has 0 radical (unpaired) electrons. The van der Waals surface area contributed by atoms with Gasteiger partial charge in [-0.3, -0.25) is 0 Å². The van der Waals surface area contributed by atoms with E-state index in [4.69, 9.17) is 0 Å². The van der Waals surface area contributed by atoms with Crippen LogP contribution >= 0.6 is 0 Å². The molecule has 0 bridgehead atoms. The molecule has 0 amide bonds. The molecule has 1 aromatic rings. The summed E-state index contributed by atoms with van der Waals surface area (Å²) in [6.07, 6.45) is 9.57. The molecule has 1 fully saturated rings. The maximum atomic E-state index is 4.23. The number of hydrogen-bond donors (Lipinski definition) is 1. The first kappa shape index (κ1) is 13.5. The topological polar surface area (TPSA) is 42.7 Å². The third kappa shape index (κ3) is 3.10. The summed E-state index contributed by atoms with van der Waals surface area (Å²) in [5.41, 5.74) is 1.34. The standard InChI is InChI=1S/C14H26N4/c1-3-9-15-13-8-6-5-7-12(13)14-11-16-17-18(14)10-4-2/h11-13,15H,3-10H2,1-2H3. The van der Waals surface area contributed by atoms with Crippen LogP contribution in [0.4, 0.5) is 0 Å². The van der Waals surface area contributed by atoms with E-state index in [2.05, 4.69) is 34.2 Å². The molecule has 2 atom stereocenters. The van der Waals surface area contributed by atoms with Crippen LogP contribution in [-0.4, -0.2) is 27.6 Å². The first-order valence-electron chi connectivity index (χ1n) is 7.48. The third-order valence-electron chi connectivity index (χ3n) is 3.89. The Morgan fingerprint density at radius 1 is 1.28 bits per heavy atom. The van der Waals surface area contributed by atoms with Crippen LogP contribution in [0.25, 0.3) is 0 Å². The minimum absolute atomic E-state index is 0.604. The maximum absolute atomic E-state index is 4.23. The highest BCUT2D eigenvalue weighted by Gasteiger charge is 2.28. The lowest BCUT2D eigenvalue weighted by Crippen LogP contribution is -2.38. The molecule has 0 aliphatic heterocycles. The van der Waals surface area contributed by atoms with Gasteiger partial charge in [-0.25, -0.2) is 4.68 Å². The summed E-state index contributed by atoms with van der Waals surface area (Å²) >= 11 is 0. The molecule has 0 aromatic carbocycles.